The molecular formula is C14H13BrClNO. The summed E-state index contributed by atoms with van der Waals surface area (Å²) in [4.78, 5) is 12.0. The lowest BCUT2D eigenvalue weighted by Crippen LogP contribution is -3.00. The largest absolute Gasteiger partial charge is 1.00 e. The third-order valence-electron chi connectivity index (χ3n) is 2.65. The zero-order chi connectivity index (χ0) is 12.3. The number of carbonyl (C=O) groups is 1. The molecule has 0 aliphatic rings. The summed E-state index contributed by atoms with van der Waals surface area (Å²) in [5.74, 6) is 0.0842. The molecule has 2 nitrogen and oxygen atoms in total. The first-order chi connectivity index (χ1) is 8.16. The van der Waals surface area contributed by atoms with Crippen molar-refractivity contribution in [2.75, 3.05) is 0 Å². The van der Waals surface area contributed by atoms with Crippen LogP contribution >= 0.6 is 11.6 Å². The van der Waals surface area contributed by atoms with Crippen molar-refractivity contribution in [1.82, 2.24) is 0 Å². The summed E-state index contributed by atoms with van der Waals surface area (Å²) < 4.78 is 1.93. The van der Waals surface area contributed by atoms with Crippen molar-refractivity contribution in [3.8, 4) is 0 Å². The summed E-state index contributed by atoms with van der Waals surface area (Å²) in [6.45, 7) is 2.34. The molecule has 18 heavy (non-hydrogen) atoms. The van der Waals surface area contributed by atoms with Crippen molar-refractivity contribution in [2.24, 2.45) is 0 Å². The van der Waals surface area contributed by atoms with Crippen LogP contribution in [-0.2, 0) is 6.54 Å². The van der Waals surface area contributed by atoms with Gasteiger partial charge in [-0.25, -0.2) is 0 Å². The van der Waals surface area contributed by atoms with Crippen LogP contribution in [0.15, 0.2) is 48.7 Å². The van der Waals surface area contributed by atoms with E-state index in [1.54, 1.807) is 24.3 Å². The molecule has 1 aromatic carbocycles. The molecule has 0 amide bonds. The Morgan fingerprint density at radius 1 is 1.17 bits per heavy atom. The van der Waals surface area contributed by atoms with Crippen molar-refractivity contribution in [2.45, 2.75) is 13.5 Å². The maximum Gasteiger partial charge on any atom is 0.227 e. The molecule has 0 unspecified atom stereocenters. The summed E-state index contributed by atoms with van der Waals surface area (Å²) >= 11 is 5.79. The van der Waals surface area contributed by atoms with Gasteiger partial charge in [-0.15, -0.1) is 0 Å². The first-order valence-electron chi connectivity index (χ1n) is 5.40. The Hall–Kier alpha value is -1.19. The van der Waals surface area contributed by atoms with E-state index in [4.69, 9.17) is 11.6 Å². The van der Waals surface area contributed by atoms with Gasteiger partial charge in [0, 0.05) is 29.6 Å². The second-order valence-electron chi connectivity index (χ2n) is 3.90. The first-order valence-corrected chi connectivity index (χ1v) is 5.78. The number of ketones is 1. The van der Waals surface area contributed by atoms with Crippen LogP contribution in [0.2, 0.25) is 5.02 Å². The number of nitrogens with zero attached hydrogens (tertiary/aromatic N) is 1. The quantitative estimate of drug-likeness (QED) is 0.566. The topological polar surface area (TPSA) is 20.9 Å². The molecule has 94 valence electrons. The molecule has 2 aromatic rings. The fraction of sp³-hybridized carbons (Fsp3) is 0.143. The fourth-order valence-electron chi connectivity index (χ4n) is 1.62. The van der Waals surface area contributed by atoms with E-state index in [9.17, 15) is 4.79 Å². The van der Waals surface area contributed by atoms with Crippen LogP contribution in [0.1, 0.15) is 16.1 Å². The highest BCUT2D eigenvalue weighted by atomic mass is 79.9. The Morgan fingerprint density at radius 3 is 2.44 bits per heavy atom. The van der Waals surface area contributed by atoms with Gasteiger partial charge in [0.1, 0.15) is 0 Å². The average molecular weight is 327 g/mol. The average Bonchev–Trinajstić information content (AvgIpc) is 2.33. The van der Waals surface area contributed by atoms with Crippen LogP contribution in [0.3, 0.4) is 0 Å². The molecule has 0 atom stereocenters. The summed E-state index contributed by atoms with van der Waals surface area (Å²) in [5, 5.41) is 0.644. The fourth-order valence-corrected chi connectivity index (χ4v) is 1.75. The molecule has 0 radical (unpaired) electrons. The Morgan fingerprint density at radius 2 is 1.83 bits per heavy atom. The molecule has 0 aliphatic carbocycles. The van der Waals surface area contributed by atoms with E-state index >= 15 is 0 Å². The maximum absolute atomic E-state index is 12.0. The number of halogens is 2. The lowest BCUT2D eigenvalue weighted by atomic mass is 10.1. The van der Waals surface area contributed by atoms with Gasteiger partial charge >= 0.3 is 0 Å². The van der Waals surface area contributed by atoms with Gasteiger partial charge in [0.05, 0.1) is 0 Å². The second-order valence-corrected chi connectivity index (χ2v) is 4.34. The Kier molecular flexibility index (Phi) is 5.51. The number of rotatable bonds is 3. The van der Waals surface area contributed by atoms with Crippen LogP contribution in [0, 0.1) is 6.92 Å². The normalized spacial score (nSPS) is 9.67. The summed E-state index contributed by atoms with van der Waals surface area (Å²) in [6, 6.07) is 12.8. The molecule has 0 N–H and O–H groups in total. The molecular weight excluding hydrogens is 314 g/mol. The van der Waals surface area contributed by atoms with Gasteiger partial charge in [-0.3, -0.25) is 4.79 Å². The van der Waals surface area contributed by atoms with E-state index in [2.05, 4.69) is 0 Å². The zero-order valence-electron chi connectivity index (χ0n) is 9.94. The highest BCUT2D eigenvalue weighted by Gasteiger charge is 2.13. The minimum atomic E-state index is 0. The minimum Gasteiger partial charge on any atom is -1.00 e. The van der Waals surface area contributed by atoms with E-state index < -0.39 is 0 Å². The van der Waals surface area contributed by atoms with Crippen molar-refractivity contribution in [3.05, 3.63) is 64.9 Å². The molecule has 0 spiro atoms. The number of pyridine rings is 1. The van der Waals surface area contributed by atoms with E-state index in [0.717, 1.165) is 5.69 Å². The molecule has 0 fully saturated rings. The third-order valence-corrected chi connectivity index (χ3v) is 2.90. The predicted molar refractivity (Wildman–Crippen MR) is 67.2 cm³/mol. The Bertz CT molecular complexity index is 540. The molecule has 1 aromatic heterocycles. The molecule has 4 heteroatoms. The first kappa shape index (κ1) is 14.9. The summed E-state index contributed by atoms with van der Waals surface area (Å²) in [6.07, 6.45) is 1.91. The monoisotopic (exact) mass is 325 g/mol. The molecule has 0 saturated carbocycles. The smallest absolute Gasteiger partial charge is 0.227 e. The van der Waals surface area contributed by atoms with Gasteiger partial charge < -0.3 is 17.0 Å². The van der Waals surface area contributed by atoms with Crippen LogP contribution in [0.4, 0.5) is 0 Å². The lowest BCUT2D eigenvalue weighted by Gasteiger charge is -2.00. The van der Waals surface area contributed by atoms with Crippen molar-refractivity contribution < 1.29 is 26.3 Å². The molecule has 0 aliphatic heterocycles. The van der Waals surface area contributed by atoms with Crippen molar-refractivity contribution in [3.63, 3.8) is 0 Å². The predicted octanol–water partition coefficient (Wildman–Crippen LogP) is -0.177. The van der Waals surface area contributed by atoms with Gasteiger partial charge in [0.2, 0.25) is 12.3 Å². The van der Waals surface area contributed by atoms with E-state index in [1.807, 2.05) is 35.9 Å². The Labute approximate surface area is 122 Å². The van der Waals surface area contributed by atoms with Gasteiger partial charge in [0.25, 0.3) is 0 Å². The van der Waals surface area contributed by atoms with E-state index in [1.165, 1.54) is 0 Å². The molecule has 0 bridgehead atoms. The van der Waals surface area contributed by atoms with Gasteiger partial charge in [-0.05, 0) is 24.3 Å². The minimum absolute atomic E-state index is 0. The van der Waals surface area contributed by atoms with Crippen LogP contribution < -0.4 is 21.5 Å². The Balaban J connectivity index is 0.00000162. The number of benzene rings is 1. The maximum atomic E-state index is 12.0. The molecule has 0 saturated heterocycles. The van der Waals surface area contributed by atoms with Crippen molar-refractivity contribution in [1.29, 1.82) is 0 Å². The number of Topliss-reactive ketones (excluding diaryl/α,β-unsaturated/α-hetero) is 1. The highest BCUT2D eigenvalue weighted by Crippen LogP contribution is 2.10. The van der Waals surface area contributed by atoms with Gasteiger partial charge in [0.15, 0.2) is 11.9 Å². The number of aromatic nitrogens is 1. The molecule has 1 heterocycles. The molecule has 2 rings (SSSR count). The van der Waals surface area contributed by atoms with Crippen LogP contribution in [0.25, 0.3) is 0 Å². The van der Waals surface area contributed by atoms with Crippen molar-refractivity contribution >= 4 is 17.4 Å². The van der Waals surface area contributed by atoms with E-state index in [0.29, 0.717) is 17.1 Å². The van der Waals surface area contributed by atoms with Crippen LogP contribution in [-0.4, -0.2) is 5.78 Å². The van der Waals surface area contributed by atoms with E-state index in [-0.39, 0.29) is 22.8 Å². The van der Waals surface area contributed by atoms with Gasteiger partial charge in [-0.2, -0.15) is 4.57 Å². The second kappa shape index (κ2) is 6.66. The summed E-state index contributed by atoms with van der Waals surface area (Å²) in [7, 11) is 0. The van der Waals surface area contributed by atoms with Gasteiger partial charge in [-0.1, -0.05) is 17.7 Å². The zero-order valence-corrected chi connectivity index (χ0v) is 12.3. The third kappa shape index (κ3) is 3.65. The summed E-state index contributed by atoms with van der Waals surface area (Å²) in [5.41, 5.74) is 1.75. The standard InChI is InChI=1S/C14H13ClNO.BrH/c1-11-4-2-3-9-16(11)10-14(17)12-5-7-13(15)8-6-12;/h2-9H,10H2,1H3;1H/q+1;/p-1. The lowest BCUT2D eigenvalue weighted by molar-refractivity contribution is -0.689. The number of aryl methyl sites for hydroxylation is 1. The number of carbonyl (C=O) groups excluding carboxylic acids is 1. The SMILES string of the molecule is Cc1cccc[n+]1CC(=O)c1ccc(Cl)cc1.[Br-]. The number of hydrogen-bond donors (Lipinski definition) is 0. The van der Waals surface area contributed by atoms with Crippen LogP contribution in [0.5, 0.6) is 0 Å². The number of hydrogen-bond acceptors (Lipinski definition) is 1. The highest BCUT2D eigenvalue weighted by molar-refractivity contribution is 6.30.